The van der Waals surface area contributed by atoms with Gasteiger partial charge in [0.25, 0.3) is 0 Å². The number of nitrogens with one attached hydrogen (secondary N) is 2. The number of aromatic nitrogens is 2. The van der Waals surface area contributed by atoms with Crippen LogP contribution >= 0.6 is 0 Å². The maximum atomic E-state index is 12.3. The van der Waals surface area contributed by atoms with Crippen LogP contribution in [0.2, 0.25) is 0 Å². The minimum absolute atomic E-state index is 0.0439. The van der Waals surface area contributed by atoms with Crippen LogP contribution in [0.15, 0.2) is 18.5 Å². The first kappa shape index (κ1) is 23.3. The number of benzene rings is 1. The largest absolute Gasteiger partial charge is 0.488 e. The molecular formula is C25H36N6O2. The number of nitrogens with two attached hydrogens (primary N) is 1. The Hall–Kier alpha value is -2.87. The summed E-state index contributed by atoms with van der Waals surface area (Å²) in [6.07, 6.45) is 6.68. The number of rotatable bonds is 6. The minimum Gasteiger partial charge on any atom is -0.488 e. The van der Waals surface area contributed by atoms with Crippen molar-refractivity contribution in [1.82, 2.24) is 20.6 Å². The molecule has 4 N–H and O–H groups in total. The predicted molar refractivity (Wildman–Crippen MR) is 132 cm³/mol. The number of carbonyl (C=O) groups is 1. The van der Waals surface area contributed by atoms with Crippen molar-refractivity contribution in [3.8, 4) is 17.0 Å². The number of nitrogen functional groups attached to an aromatic ring is 1. The maximum Gasteiger partial charge on any atom is 0.239 e. The molecule has 2 aliphatic carbocycles. The van der Waals surface area contributed by atoms with Gasteiger partial charge in [-0.2, -0.15) is 0 Å². The number of fused-ring (bicyclic) bond motifs is 3. The van der Waals surface area contributed by atoms with E-state index in [1.54, 1.807) is 7.05 Å². The van der Waals surface area contributed by atoms with Crippen molar-refractivity contribution in [2.45, 2.75) is 63.5 Å². The monoisotopic (exact) mass is 452 g/mol. The highest BCUT2D eigenvalue weighted by Gasteiger charge is 2.37. The molecule has 2 aliphatic rings. The van der Waals surface area contributed by atoms with E-state index in [2.05, 4.69) is 40.5 Å². The molecule has 1 fully saturated rings. The Bertz CT molecular complexity index is 1030. The first-order valence-corrected chi connectivity index (χ1v) is 11.8. The summed E-state index contributed by atoms with van der Waals surface area (Å²) in [6.45, 7) is 4.59. The molecule has 0 atom stereocenters. The van der Waals surface area contributed by atoms with Crippen LogP contribution in [0.25, 0.3) is 11.3 Å². The highest BCUT2D eigenvalue weighted by atomic mass is 16.5. The average Bonchev–Trinajstić information content (AvgIpc) is 2.78. The van der Waals surface area contributed by atoms with Crippen molar-refractivity contribution >= 4 is 17.4 Å². The van der Waals surface area contributed by atoms with Gasteiger partial charge in [-0.1, -0.05) is 13.8 Å². The fraction of sp³-hybridized carbons (Fsp3) is 0.560. The van der Waals surface area contributed by atoms with Gasteiger partial charge in [-0.15, -0.1) is 0 Å². The third-order valence-corrected chi connectivity index (χ3v) is 7.09. The van der Waals surface area contributed by atoms with Crippen LogP contribution < -0.4 is 26.0 Å². The van der Waals surface area contributed by atoms with Crippen molar-refractivity contribution in [3.63, 3.8) is 0 Å². The molecule has 178 valence electrons. The molecule has 1 amide bonds. The van der Waals surface area contributed by atoms with Crippen LogP contribution in [0, 0.1) is 0 Å². The predicted octanol–water partition coefficient (Wildman–Crippen LogP) is 2.65. The number of hydrogen-bond donors (Lipinski definition) is 3. The molecular weight excluding hydrogens is 416 g/mol. The van der Waals surface area contributed by atoms with Crippen LogP contribution in [-0.4, -0.2) is 55.7 Å². The lowest BCUT2D eigenvalue weighted by molar-refractivity contribution is -0.119. The minimum atomic E-state index is -0.250. The Kier molecular flexibility index (Phi) is 6.47. The Labute approximate surface area is 196 Å². The fourth-order valence-corrected chi connectivity index (χ4v) is 5.35. The lowest BCUT2D eigenvalue weighted by Gasteiger charge is -2.37. The summed E-state index contributed by atoms with van der Waals surface area (Å²) in [5, 5.41) is 6.11. The number of nitrogens with zero attached hydrogens (tertiary/aromatic N) is 3. The summed E-state index contributed by atoms with van der Waals surface area (Å²) >= 11 is 0. The van der Waals surface area contributed by atoms with E-state index in [0.29, 0.717) is 11.9 Å². The quantitative estimate of drug-likeness (QED) is 0.619. The summed E-state index contributed by atoms with van der Waals surface area (Å²) in [4.78, 5) is 23.1. The standard InChI is InChI=1S/C25H36N6O2/c1-25(2)12-18-17(22-21(25)24(26)30-14-29-22)10-11-19(23(18)31(5)13-20(32)28-4)33-16-8-6-15(27-3)7-9-16/h10-11,14-16,27H,6-9,12-13H2,1-5H3,(H,28,32)(H2,26,29,30). The van der Waals surface area contributed by atoms with Crippen molar-refractivity contribution in [1.29, 1.82) is 0 Å². The van der Waals surface area contributed by atoms with Gasteiger partial charge in [-0.25, -0.2) is 9.97 Å². The lowest BCUT2D eigenvalue weighted by atomic mass is 9.71. The molecule has 2 aromatic rings. The number of carbonyl (C=O) groups excluding carboxylic acids is 1. The molecule has 0 aliphatic heterocycles. The van der Waals surface area contributed by atoms with E-state index in [-0.39, 0.29) is 24.0 Å². The van der Waals surface area contributed by atoms with Crippen LogP contribution in [0.4, 0.5) is 11.5 Å². The molecule has 0 spiro atoms. The van der Waals surface area contributed by atoms with Gasteiger partial charge in [0.15, 0.2) is 0 Å². The van der Waals surface area contributed by atoms with Crippen molar-refractivity contribution in [2.75, 3.05) is 38.3 Å². The molecule has 0 radical (unpaired) electrons. The second-order valence-corrected chi connectivity index (χ2v) is 9.89. The van der Waals surface area contributed by atoms with Crippen LogP contribution in [0.3, 0.4) is 0 Å². The van der Waals surface area contributed by atoms with Gasteiger partial charge in [0.1, 0.15) is 17.9 Å². The normalized spacial score (nSPS) is 21.0. The highest BCUT2D eigenvalue weighted by molar-refractivity contribution is 5.86. The van der Waals surface area contributed by atoms with E-state index in [9.17, 15) is 4.79 Å². The van der Waals surface area contributed by atoms with Crippen LogP contribution in [-0.2, 0) is 16.6 Å². The molecule has 4 rings (SSSR count). The van der Waals surface area contributed by atoms with E-state index < -0.39 is 0 Å². The molecule has 0 bridgehead atoms. The van der Waals surface area contributed by atoms with Gasteiger partial charge < -0.3 is 26.0 Å². The van der Waals surface area contributed by atoms with Gasteiger partial charge in [-0.3, -0.25) is 4.79 Å². The smallest absolute Gasteiger partial charge is 0.239 e. The van der Waals surface area contributed by atoms with Crippen molar-refractivity contribution in [2.24, 2.45) is 0 Å². The van der Waals surface area contributed by atoms with Gasteiger partial charge >= 0.3 is 0 Å². The zero-order valence-corrected chi connectivity index (χ0v) is 20.4. The second kappa shape index (κ2) is 9.17. The zero-order chi connectivity index (χ0) is 23.8. The van der Waals surface area contributed by atoms with Crippen molar-refractivity contribution in [3.05, 3.63) is 29.6 Å². The second-order valence-electron chi connectivity index (χ2n) is 9.89. The molecule has 8 nitrogen and oxygen atoms in total. The SMILES string of the molecule is CNC(=O)CN(C)c1c(OC2CCC(NC)CC2)ccc2c1CC(C)(C)c1c(N)ncnc1-2. The van der Waals surface area contributed by atoms with E-state index in [1.807, 2.05) is 25.1 Å². The van der Waals surface area contributed by atoms with E-state index in [0.717, 1.165) is 65.9 Å². The number of hydrogen-bond acceptors (Lipinski definition) is 7. The first-order chi connectivity index (χ1) is 15.7. The molecule has 1 heterocycles. The number of likely N-dealkylation sites (N-methyl/N-ethyl adjacent to an activating group) is 2. The van der Waals surface area contributed by atoms with Gasteiger partial charge in [0, 0.05) is 31.3 Å². The zero-order valence-electron chi connectivity index (χ0n) is 20.4. The van der Waals surface area contributed by atoms with Crippen molar-refractivity contribution < 1.29 is 9.53 Å². The summed E-state index contributed by atoms with van der Waals surface area (Å²) in [7, 11) is 5.64. The number of anilines is 2. The summed E-state index contributed by atoms with van der Waals surface area (Å²) in [5.41, 5.74) is 11.0. The number of amides is 1. The van der Waals surface area contributed by atoms with E-state index >= 15 is 0 Å². The molecule has 0 unspecified atom stereocenters. The highest BCUT2D eigenvalue weighted by Crippen LogP contribution is 2.49. The fourth-order valence-electron chi connectivity index (χ4n) is 5.35. The number of ether oxygens (including phenoxy) is 1. The average molecular weight is 453 g/mol. The molecule has 33 heavy (non-hydrogen) atoms. The first-order valence-electron chi connectivity index (χ1n) is 11.8. The molecule has 1 aromatic carbocycles. The Morgan fingerprint density at radius 3 is 2.61 bits per heavy atom. The van der Waals surface area contributed by atoms with Crippen LogP contribution in [0.5, 0.6) is 5.75 Å². The molecule has 1 aromatic heterocycles. The summed E-state index contributed by atoms with van der Waals surface area (Å²) in [6, 6.07) is 4.67. The van der Waals surface area contributed by atoms with E-state index in [1.165, 1.54) is 6.33 Å². The van der Waals surface area contributed by atoms with E-state index in [4.69, 9.17) is 10.5 Å². The third kappa shape index (κ3) is 4.49. The molecule has 1 saturated carbocycles. The lowest BCUT2D eigenvalue weighted by Crippen LogP contribution is -2.36. The Balaban J connectivity index is 1.78. The maximum absolute atomic E-state index is 12.3. The molecule has 0 saturated heterocycles. The Morgan fingerprint density at radius 2 is 1.94 bits per heavy atom. The molecule has 8 heteroatoms. The third-order valence-electron chi connectivity index (χ3n) is 7.09. The summed E-state index contributed by atoms with van der Waals surface area (Å²) < 4.78 is 6.60. The van der Waals surface area contributed by atoms with Gasteiger partial charge in [0.05, 0.1) is 24.0 Å². The summed E-state index contributed by atoms with van der Waals surface area (Å²) in [5.74, 6) is 1.31. The Morgan fingerprint density at radius 1 is 1.21 bits per heavy atom. The van der Waals surface area contributed by atoms with Gasteiger partial charge in [-0.05, 0) is 62.3 Å². The topological polar surface area (TPSA) is 105 Å². The van der Waals surface area contributed by atoms with Gasteiger partial charge in [0.2, 0.25) is 5.91 Å². The van der Waals surface area contributed by atoms with Crippen LogP contribution in [0.1, 0.15) is 50.7 Å².